The first-order valence-electron chi connectivity index (χ1n) is 9.47. The quantitative estimate of drug-likeness (QED) is 0.516. The van der Waals surface area contributed by atoms with E-state index in [-0.39, 0.29) is 5.78 Å². The normalized spacial score (nSPS) is 18.0. The Kier molecular flexibility index (Phi) is 2.55. The summed E-state index contributed by atoms with van der Waals surface area (Å²) in [4.78, 5) is 15.6. The molecule has 0 fully saturated rings. The van der Waals surface area contributed by atoms with E-state index in [9.17, 15) is 4.79 Å². The van der Waals surface area contributed by atoms with Crippen LogP contribution in [0.5, 0.6) is 0 Å². The molecule has 4 aromatic rings. The molecule has 5 heteroatoms. The molecule has 0 unspecified atom stereocenters. The molecule has 0 amide bonds. The highest BCUT2D eigenvalue weighted by atomic mass is 32.2. The van der Waals surface area contributed by atoms with Gasteiger partial charge in [0, 0.05) is 62.7 Å². The van der Waals surface area contributed by atoms with Gasteiger partial charge in [0.25, 0.3) is 0 Å². The van der Waals surface area contributed by atoms with E-state index in [0.29, 0.717) is 6.42 Å². The molecule has 0 saturated heterocycles. The van der Waals surface area contributed by atoms with Crippen LogP contribution in [0.4, 0.5) is 0 Å². The van der Waals surface area contributed by atoms with Crippen molar-refractivity contribution in [3.05, 3.63) is 40.3 Å². The molecule has 0 atom stereocenters. The molecular formula is C22H17N3OS. The predicted molar refractivity (Wildman–Crippen MR) is 112 cm³/mol. The summed E-state index contributed by atoms with van der Waals surface area (Å²) in [6.07, 6.45) is 15.5. The number of hydrogen-bond donors (Lipinski definition) is 1. The van der Waals surface area contributed by atoms with Crippen molar-refractivity contribution in [3.63, 3.8) is 0 Å². The van der Waals surface area contributed by atoms with E-state index in [2.05, 4.69) is 44.7 Å². The Bertz CT molecular complexity index is 1490. The third-order valence-corrected chi connectivity index (χ3v) is 7.23. The van der Waals surface area contributed by atoms with Crippen molar-refractivity contribution in [2.24, 2.45) is 0 Å². The lowest BCUT2D eigenvalue weighted by Crippen LogP contribution is -2.24. The molecule has 1 aromatic carbocycles. The lowest BCUT2D eigenvalue weighted by Gasteiger charge is -2.08. The zero-order chi connectivity index (χ0) is 17.7. The second kappa shape index (κ2) is 4.78. The number of aromatic nitrogens is 3. The summed E-state index contributed by atoms with van der Waals surface area (Å²) >= 11 is 1.93. The Balaban J connectivity index is 1.90. The fraction of sp³-hybridized carbons (Fsp3) is 0.227. The van der Waals surface area contributed by atoms with Gasteiger partial charge < -0.3 is 14.1 Å². The van der Waals surface area contributed by atoms with E-state index in [1.54, 1.807) is 0 Å². The van der Waals surface area contributed by atoms with Crippen molar-refractivity contribution in [3.8, 4) is 0 Å². The van der Waals surface area contributed by atoms with Crippen molar-refractivity contribution in [1.29, 1.82) is 0 Å². The molecule has 4 nitrogen and oxygen atoms in total. The van der Waals surface area contributed by atoms with Gasteiger partial charge in [-0.2, -0.15) is 0 Å². The minimum Gasteiger partial charge on any atom is -0.366 e. The topological polar surface area (TPSA) is 42.7 Å². The van der Waals surface area contributed by atoms with Crippen LogP contribution in [0.25, 0.3) is 50.8 Å². The molecule has 1 N–H and O–H groups in total. The van der Waals surface area contributed by atoms with Crippen molar-refractivity contribution in [2.75, 3.05) is 0 Å². The summed E-state index contributed by atoms with van der Waals surface area (Å²) in [5, 5.41) is 7.78. The summed E-state index contributed by atoms with van der Waals surface area (Å²) in [5.41, 5.74) is 5.35. The van der Waals surface area contributed by atoms with Crippen molar-refractivity contribution >= 4 is 68.4 Å². The van der Waals surface area contributed by atoms with Crippen LogP contribution in [0.1, 0.15) is 24.0 Å². The van der Waals surface area contributed by atoms with Gasteiger partial charge in [-0.05, 0) is 18.4 Å². The van der Waals surface area contributed by atoms with Gasteiger partial charge in [0.05, 0.1) is 22.8 Å². The summed E-state index contributed by atoms with van der Waals surface area (Å²) < 4.78 is 4.91. The van der Waals surface area contributed by atoms with Gasteiger partial charge in [-0.1, -0.05) is 18.2 Å². The SMILES string of the molecule is O=C1C=c2c(c3c4c[nH]cc4c4c5c(n6c4c3n2CSC6)=CCC=C5)CC1. The molecular weight excluding hydrogens is 354 g/mol. The maximum Gasteiger partial charge on any atom is 0.158 e. The lowest BCUT2D eigenvalue weighted by molar-refractivity contribution is -0.113. The van der Waals surface area contributed by atoms with Gasteiger partial charge >= 0.3 is 0 Å². The van der Waals surface area contributed by atoms with Crippen LogP contribution < -0.4 is 10.7 Å². The van der Waals surface area contributed by atoms with Gasteiger partial charge in [0.1, 0.15) is 0 Å². The molecule has 0 saturated carbocycles. The average Bonchev–Trinajstić information content (AvgIpc) is 3.31. The second-order valence-corrected chi connectivity index (χ2v) is 8.59. The number of thioether (sulfide) groups is 1. The Hall–Kier alpha value is -2.66. The maximum absolute atomic E-state index is 12.2. The first-order chi connectivity index (χ1) is 13.3. The van der Waals surface area contributed by atoms with Crippen molar-refractivity contribution in [2.45, 2.75) is 31.0 Å². The first kappa shape index (κ1) is 14.4. The van der Waals surface area contributed by atoms with Crippen LogP contribution in [0.2, 0.25) is 0 Å². The number of hydrogen-bond acceptors (Lipinski definition) is 2. The highest BCUT2D eigenvalue weighted by Gasteiger charge is 2.27. The number of nitrogens with zero attached hydrogens (tertiary/aromatic N) is 2. The number of aromatic amines is 1. The van der Waals surface area contributed by atoms with Crippen LogP contribution in [0.15, 0.2) is 18.5 Å². The highest BCUT2D eigenvalue weighted by Crippen LogP contribution is 2.41. The molecule has 0 spiro atoms. The van der Waals surface area contributed by atoms with Crippen LogP contribution in [0.3, 0.4) is 0 Å². The van der Waals surface area contributed by atoms with Crippen LogP contribution in [-0.4, -0.2) is 19.9 Å². The van der Waals surface area contributed by atoms with E-state index in [1.165, 1.54) is 49.1 Å². The molecule has 4 heterocycles. The number of benzene rings is 1. The minimum atomic E-state index is 0.253. The van der Waals surface area contributed by atoms with Gasteiger partial charge in [0.2, 0.25) is 0 Å². The van der Waals surface area contributed by atoms with Gasteiger partial charge in [-0.3, -0.25) is 4.79 Å². The number of Topliss-reactive ketones (excluding diaryl/α,β-unsaturated/α-hetero) is 1. The number of rotatable bonds is 0. The zero-order valence-corrected chi connectivity index (χ0v) is 15.5. The first-order valence-corrected chi connectivity index (χ1v) is 10.6. The number of ketones is 1. The number of allylic oxidation sites excluding steroid dienone is 1. The minimum absolute atomic E-state index is 0.253. The van der Waals surface area contributed by atoms with Gasteiger partial charge in [-0.15, -0.1) is 11.8 Å². The number of carbonyl (C=O) groups excluding carboxylic acids is 1. The monoisotopic (exact) mass is 371 g/mol. The van der Waals surface area contributed by atoms with Crippen molar-refractivity contribution < 1.29 is 4.79 Å². The number of H-pyrrole nitrogens is 1. The third kappa shape index (κ3) is 1.61. The van der Waals surface area contributed by atoms with Crippen LogP contribution >= 0.6 is 11.8 Å². The summed E-state index contributed by atoms with van der Waals surface area (Å²) in [6, 6.07) is 0. The maximum atomic E-state index is 12.2. The molecule has 3 aromatic heterocycles. The van der Waals surface area contributed by atoms with E-state index in [0.717, 1.165) is 29.9 Å². The Morgan fingerprint density at radius 2 is 1.74 bits per heavy atom. The molecule has 27 heavy (non-hydrogen) atoms. The fourth-order valence-electron chi connectivity index (χ4n) is 5.32. The standard InChI is InChI=1S/C22H17N3OS/c26-12-5-6-14-18(7-12)25-11-27-10-24-17-4-2-1-3-13(17)19-15-8-23-9-16(15)20(14)22(25)21(19)24/h1,3-4,7-9,23H,2,5-6,10-11H2. The lowest BCUT2D eigenvalue weighted by atomic mass is 9.96. The predicted octanol–water partition coefficient (Wildman–Crippen LogP) is 3.23. The Morgan fingerprint density at radius 1 is 0.963 bits per heavy atom. The smallest absolute Gasteiger partial charge is 0.158 e. The number of nitrogens with one attached hydrogen (secondary N) is 1. The third-order valence-electron chi connectivity index (χ3n) is 6.35. The molecule has 7 rings (SSSR count). The largest absolute Gasteiger partial charge is 0.366 e. The summed E-state index contributed by atoms with van der Waals surface area (Å²) in [7, 11) is 0. The number of aryl methyl sites for hydroxylation is 1. The molecule has 132 valence electrons. The Labute approximate surface area is 158 Å². The molecule has 3 aliphatic rings. The molecule has 1 aliphatic heterocycles. The van der Waals surface area contributed by atoms with Crippen molar-refractivity contribution in [1.82, 2.24) is 14.1 Å². The van der Waals surface area contributed by atoms with E-state index in [1.807, 2.05) is 17.8 Å². The highest BCUT2D eigenvalue weighted by molar-refractivity contribution is 7.97. The molecule has 0 radical (unpaired) electrons. The Morgan fingerprint density at radius 3 is 2.63 bits per heavy atom. The van der Waals surface area contributed by atoms with E-state index >= 15 is 0 Å². The summed E-state index contributed by atoms with van der Waals surface area (Å²) in [5.74, 6) is 2.10. The number of carbonyl (C=O) groups is 1. The zero-order valence-electron chi connectivity index (χ0n) is 14.7. The molecule has 2 aliphatic carbocycles. The van der Waals surface area contributed by atoms with E-state index < -0.39 is 0 Å². The second-order valence-electron chi connectivity index (χ2n) is 7.66. The average molecular weight is 371 g/mol. The van der Waals surface area contributed by atoms with E-state index in [4.69, 9.17) is 0 Å². The fourth-order valence-corrected chi connectivity index (χ4v) is 6.30. The van der Waals surface area contributed by atoms with Gasteiger partial charge in [-0.25, -0.2) is 0 Å². The summed E-state index contributed by atoms with van der Waals surface area (Å²) in [6.45, 7) is 0. The van der Waals surface area contributed by atoms with Crippen LogP contribution in [0, 0.1) is 0 Å². The van der Waals surface area contributed by atoms with Gasteiger partial charge in [0.15, 0.2) is 5.78 Å². The number of fused-ring (bicyclic) bond motifs is 9. The van der Waals surface area contributed by atoms with Crippen LogP contribution in [-0.2, 0) is 23.0 Å². The molecule has 0 bridgehead atoms.